The first-order valence-corrected chi connectivity index (χ1v) is 8.60. The lowest BCUT2D eigenvalue weighted by Gasteiger charge is -2.21. The molecule has 1 amide bonds. The molecule has 0 aliphatic heterocycles. The van der Waals surface area contributed by atoms with E-state index in [-0.39, 0.29) is 18.0 Å². The van der Waals surface area contributed by atoms with Gasteiger partial charge in [-0.2, -0.15) is 5.10 Å². The minimum atomic E-state index is -0.401. The first-order valence-electron chi connectivity index (χ1n) is 7.85. The van der Waals surface area contributed by atoms with Crippen molar-refractivity contribution in [1.82, 2.24) is 15.1 Å². The molecule has 0 fully saturated rings. The fourth-order valence-electron chi connectivity index (χ4n) is 2.45. The average molecular weight is 369 g/mol. The van der Waals surface area contributed by atoms with Gasteiger partial charge in [-0.3, -0.25) is 10.1 Å². The van der Waals surface area contributed by atoms with Gasteiger partial charge in [0.15, 0.2) is 0 Å². The molecule has 24 heavy (non-hydrogen) atoms. The normalized spacial score (nSPS) is 13.8. The Bertz CT molecular complexity index is 714. The van der Waals surface area contributed by atoms with Crippen molar-refractivity contribution < 1.29 is 4.79 Å². The van der Waals surface area contributed by atoms with Gasteiger partial charge in [-0.25, -0.2) is 4.68 Å². The summed E-state index contributed by atoms with van der Waals surface area (Å²) in [5.74, 6) is 0.551. The molecular weight excluding hydrogens is 347 g/mol. The van der Waals surface area contributed by atoms with Crippen molar-refractivity contribution in [2.24, 2.45) is 0 Å². The van der Waals surface area contributed by atoms with Crippen LogP contribution in [0.25, 0.3) is 0 Å². The Kier molecular flexibility index (Phi) is 6.27. The van der Waals surface area contributed by atoms with Crippen molar-refractivity contribution in [3.63, 3.8) is 0 Å². The number of benzene rings is 1. The number of amides is 1. The van der Waals surface area contributed by atoms with Crippen LogP contribution in [0.2, 0.25) is 10.0 Å². The Morgan fingerprint density at radius 1 is 1.17 bits per heavy atom. The lowest BCUT2D eigenvalue weighted by molar-refractivity contribution is -0.118. The quantitative estimate of drug-likeness (QED) is 0.791. The van der Waals surface area contributed by atoms with Crippen LogP contribution >= 0.6 is 23.2 Å². The number of nitrogens with zero attached hydrogens (tertiary/aromatic N) is 2. The van der Waals surface area contributed by atoms with Crippen molar-refractivity contribution in [1.29, 1.82) is 0 Å². The highest BCUT2D eigenvalue weighted by Crippen LogP contribution is 2.26. The molecule has 0 aliphatic rings. The molecule has 1 heterocycles. The number of carbonyl (C=O) groups excluding carboxylic acids is 1. The highest BCUT2D eigenvalue weighted by Gasteiger charge is 2.19. The van der Waals surface area contributed by atoms with Gasteiger partial charge in [0.05, 0.1) is 12.2 Å². The highest BCUT2D eigenvalue weighted by molar-refractivity contribution is 6.35. The number of carbonyl (C=O) groups is 1. The van der Waals surface area contributed by atoms with Crippen LogP contribution in [0.15, 0.2) is 30.5 Å². The monoisotopic (exact) mass is 368 g/mol. The third-order valence-corrected chi connectivity index (χ3v) is 4.30. The van der Waals surface area contributed by atoms with E-state index in [9.17, 15) is 4.79 Å². The molecule has 0 saturated carbocycles. The van der Waals surface area contributed by atoms with Crippen molar-refractivity contribution in [3.8, 4) is 0 Å². The van der Waals surface area contributed by atoms with Crippen LogP contribution in [-0.4, -0.2) is 21.7 Å². The summed E-state index contributed by atoms with van der Waals surface area (Å²) in [7, 11) is 0. The summed E-state index contributed by atoms with van der Waals surface area (Å²) in [6.45, 7) is 7.78. The first kappa shape index (κ1) is 18.8. The van der Waals surface area contributed by atoms with Gasteiger partial charge in [-0.05, 0) is 45.4 Å². The van der Waals surface area contributed by atoms with E-state index in [0.717, 1.165) is 5.56 Å². The Hall–Kier alpha value is -1.56. The number of nitrogens with one attached hydrogen (secondary N) is 2. The van der Waals surface area contributed by atoms with Crippen LogP contribution in [0, 0.1) is 0 Å². The number of halogens is 2. The highest BCUT2D eigenvalue weighted by atomic mass is 35.5. The van der Waals surface area contributed by atoms with Gasteiger partial charge in [0, 0.05) is 28.2 Å². The van der Waals surface area contributed by atoms with Gasteiger partial charge in [-0.1, -0.05) is 29.3 Å². The van der Waals surface area contributed by atoms with Gasteiger partial charge in [-0.15, -0.1) is 0 Å². The van der Waals surface area contributed by atoms with E-state index >= 15 is 0 Å². The number of hydrogen-bond acceptors (Lipinski definition) is 3. The lowest BCUT2D eigenvalue weighted by atomic mass is 10.1. The predicted molar refractivity (Wildman–Crippen MR) is 98.7 cm³/mol. The first-order chi connectivity index (χ1) is 11.3. The maximum absolute atomic E-state index is 12.4. The molecule has 5 nitrogen and oxygen atoms in total. The predicted octanol–water partition coefficient (Wildman–Crippen LogP) is 4.45. The van der Waals surface area contributed by atoms with Crippen molar-refractivity contribution in [2.75, 3.05) is 5.32 Å². The Balaban J connectivity index is 2.01. The van der Waals surface area contributed by atoms with Gasteiger partial charge in [0.2, 0.25) is 5.91 Å². The number of hydrogen-bond donors (Lipinski definition) is 2. The molecule has 0 radical (unpaired) electrons. The van der Waals surface area contributed by atoms with Crippen LogP contribution in [-0.2, 0) is 4.79 Å². The van der Waals surface area contributed by atoms with E-state index in [2.05, 4.69) is 15.7 Å². The third kappa shape index (κ3) is 4.50. The zero-order chi connectivity index (χ0) is 17.9. The zero-order valence-electron chi connectivity index (χ0n) is 14.2. The summed E-state index contributed by atoms with van der Waals surface area (Å²) >= 11 is 12.1. The maximum Gasteiger partial charge on any atom is 0.242 e. The molecule has 2 rings (SSSR count). The second kappa shape index (κ2) is 8.01. The minimum Gasteiger partial charge on any atom is -0.310 e. The molecule has 2 atom stereocenters. The van der Waals surface area contributed by atoms with E-state index < -0.39 is 6.04 Å². The average Bonchev–Trinajstić information content (AvgIpc) is 2.95. The molecule has 0 saturated heterocycles. The molecule has 1 aromatic heterocycles. The Morgan fingerprint density at radius 3 is 2.50 bits per heavy atom. The maximum atomic E-state index is 12.4. The van der Waals surface area contributed by atoms with Crippen LogP contribution in [0.4, 0.5) is 5.82 Å². The largest absolute Gasteiger partial charge is 0.310 e. The topological polar surface area (TPSA) is 59.0 Å². The number of anilines is 1. The van der Waals surface area contributed by atoms with E-state index in [0.29, 0.717) is 15.9 Å². The molecule has 0 bridgehead atoms. The van der Waals surface area contributed by atoms with Gasteiger partial charge < -0.3 is 5.32 Å². The smallest absolute Gasteiger partial charge is 0.242 e. The van der Waals surface area contributed by atoms with Crippen LogP contribution < -0.4 is 10.6 Å². The van der Waals surface area contributed by atoms with Crippen LogP contribution in [0.5, 0.6) is 0 Å². The summed E-state index contributed by atoms with van der Waals surface area (Å²) in [5.41, 5.74) is 0.896. The minimum absolute atomic E-state index is 0.0921. The van der Waals surface area contributed by atoms with Gasteiger partial charge in [0.25, 0.3) is 0 Å². The summed E-state index contributed by atoms with van der Waals surface area (Å²) in [5, 5.41) is 11.5. The van der Waals surface area contributed by atoms with E-state index in [1.54, 1.807) is 29.1 Å². The molecule has 0 aliphatic carbocycles. The van der Waals surface area contributed by atoms with Crippen molar-refractivity contribution in [3.05, 3.63) is 46.1 Å². The van der Waals surface area contributed by atoms with Crippen molar-refractivity contribution >= 4 is 34.9 Å². The molecule has 2 aromatic rings. The SMILES string of the molecule is CC(C)n1nccc1NC(=O)[C@H](C)N[C@H](C)c1ccc(Cl)cc1Cl. The lowest BCUT2D eigenvalue weighted by Crippen LogP contribution is -2.39. The molecule has 7 heteroatoms. The van der Waals surface area contributed by atoms with E-state index in [4.69, 9.17) is 23.2 Å². The number of rotatable bonds is 6. The third-order valence-electron chi connectivity index (χ3n) is 3.73. The molecule has 0 unspecified atom stereocenters. The van der Waals surface area contributed by atoms with Crippen molar-refractivity contribution in [2.45, 2.75) is 45.8 Å². The molecule has 130 valence electrons. The molecular formula is C17H22Cl2N4O. The Morgan fingerprint density at radius 2 is 1.88 bits per heavy atom. The second-order valence-corrected chi connectivity index (χ2v) is 6.86. The zero-order valence-corrected chi connectivity index (χ0v) is 15.7. The molecule has 0 spiro atoms. The van der Waals surface area contributed by atoms with Gasteiger partial charge in [0.1, 0.15) is 5.82 Å². The van der Waals surface area contributed by atoms with E-state index in [1.165, 1.54) is 0 Å². The summed E-state index contributed by atoms with van der Waals surface area (Å²) in [6, 6.07) is 6.80. The molecule has 2 N–H and O–H groups in total. The Labute approximate surface area is 152 Å². The second-order valence-electron chi connectivity index (χ2n) is 6.02. The summed E-state index contributed by atoms with van der Waals surface area (Å²) < 4.78 is 1.77. The van der Waals surface area contributed by atoms with E-state index in [1.807, 2.05) is 33.8 Å². The fourth-order valence-corrected chi connectivity index (χ4v) is 3.02. The summed E-state index contributed by atoms with van der Waals surface area (Å²) in [6.07, 6.45) is 1.67. The summed E-state index contributed by atoms with van der Waals surface area (Å²) in [4.78, 5) is 12.4. The fraction of sp³-hybridized carbons (Fsp3) is 0.412. The standard InChI is InChI=1S/C17H22Cl2N4O/c1-10(2)23-16(7-8-20-23)22-17(24)12(4)21-11(3)14-6-5-13(18)9-15(14)19/h5-12,21H,1-4H3,(H,22,24)/t11-,12+/m1/s1. The van der Waals surface area contributed by atoms with Gasteiger partial charge >= 0.3 is 0 Å². The molecule has 1 aromatic carbocycles. The van der Waals surface area contributed by atoms with Crippen LogP contribution in [0.1, 0.15) is 45.3 Å². The number of aromatic nitrogens is 2. The van der Waals surface area contributed by atoms with Crippen LogP contribution in [0.3, 0.4) is 0 Å².